The van der Waals surface area contributed by atoms with Gasteiger partial charge in [0.25, 0.3) is 0 Å². The predicted molar refractivity (Wildman–Crippen MR) is 135 cm³/mol. The first-order valence-corrected chi connectivity index (χ1v) is 13.2. The Balaban J connectivity index is 1.56. The number of hydrogen-bond acceptors (Lipinski definition) is 8. The van der Waals surface area contributed by atoms with Gasteiger partial charge in [-0.15, -0.1) is 5.10 Å². The number of ether oxygens (including phenoxy) is 1. The molecule has 180 valence electrons. The van der Waals surface area contributed by atoms with Crippen LogP contribution in [0.25, 0.3) is 28.0 Å². The van der Waals surface area contributed by atoms with Crippen molar-refractivity contribution in [3.63, 3.8) is 0 Å². The molecule has 0 radical (unpaired) electrons. The lowest BCUT2D eigenvalue weighted by Crippen LogP contribution is -2.18. The number of fused-ring (bicyclic) bond motifs is 2. The summed E-state index contributed by atoms with van der Waals surface area (Å²) in [5.41, 5.74) is 5.55. The fraction of sp³-hybridized carbons (Fsp3) is 0.154. The third-order valence-corrected chi connectivity index (χ3v) is 7.32. The molecule has 36 heavy (non-hydrogen) atoms. The van der Waals surface area contributed by atoms with Crippen LogP contribution in [0.15, 0.2) is 78.1 Å². The molecule has 5 heterocycles. The van der Waals surface area contributed by atoms with E-state index in [1.54, 1.807) is 10.7 Å². The zero-order valence-electron chi connectivity index (χ0n) is 19.7. The fourth-order valence-electron chi connectivity index (χ4n) is 4.52. The molecule has 6 rings (SSSR count). The Morgan fingerprint density at radius 3 is 2.56 bits per heavy atom. The maximum Gasteiger partial charge on any atom is 0.232 e. The van der Waals surface area contributed by atoms with E-state index in [9.17, 15) is 8.42 Å². The summed E-state index contributed by atoms with van der Waals surface area (Å²) in [7, 11) is -2.19. The summed E-state index contributed by atoms with van der Waals surface area (Å²) < 4.78 is 31.7. The Bertz CT molecular complexity index is 1690. The summed E-state index contributed by atoms with van der Waals surface area (Å²) in [6.07, 6.45) is 6.34. The van der Waals surface area contributed by atoms with Gasteiger partial charge in [0.05, 0.1) is 19.3 Å². The van der Waals surface area contributed by atoms with Gasteiger partial charge in [0.2, 0.25) is 5.88 Å². The third kappa shape index (κ3) is 3.75. The van der Waals surface area contributed by atoms with Gasteiger partial charge in [0.1, 0.15) is 10.4 Å². The van der Waals surface area contributed by atoms with Crippen molar-refractivity contribution in [2.24, 2.45) is 0 Å². The molecular formula is C26H22N6O3S. The SMILES string of the molecule is COc1ncc(-c2nc(N3Cc4cccnc4C3)c3c(-c4ccccc4)ccn3n2)cc1S(C)(=O)=O. The van der Waals surface area contributed by atoms with E-state index >= 15 is 0 Å². The summed E-state index contributed by atoms with van der Waals surface area (Å²) in [5, 5.41) is 4.74. The molecule has 0 saturated carbocycles. The minimum Gasteiger partial charge on any atom is -0.480 e. The van der Waals surface area contributed by atoms with Crippen molar-refractivity contribution in [1.29, 1.82) is 0 Å². The topological polar surface area (TPSA) is 103 Å². The van der Waals surface area contributed by atoms with Gasteiger partial charge in [0.15, 0.2) is 21.5 Å². The van der Waals surface area contributed by atoms with Gasteiger partial charge in [0, 0.05) is 42.5 Å². The lowest BCUT2D eigenvalue weighted by molar-refractivity contribution is 0.385. The number of benzene rings is 1. The van der Waals surface area contributed by atoms with Crippen molar-refractivity contribution in [2.45, 2.75) is 18.0 Å². The summed E-state index contributed by atoms with van der Waals surface area (Å²) in [5.74, 6) is 1.13. The molecule has 10 heteroatoms. The molecule has 0 spiro atoms. The highest BCUT2D eigenvalue weighted by Crippen LogP contribution is 2.36. The smallest absolute Gasteiger partial charge is 0.232 e. The van der Waals surface area contributed by atoms with Crippen LogP contribution in [0.1, 0.15) is 11.3 Å². The molecule has 0 aliphatic carbocycles. The Morgan fingerprint density at radius 2 is 1.81 bits per heavy atom. The minimum absolute atomic E-state index is 0.0111. The third-order valence-electron chi connectivity index (χ3n) is 6.23. The van der Waals surface area contributed by atoms with Gasteiger partial charge >= 0.3 is 0 Å². The van der Waals surface area contributed by atoms with Gasteiger partial charge in [-0.3, -0.25) is 4.98 Å². The van der Waals surface area contributed by atoms with Crippen LogP contribution in [0.3, 0.4) is 0 Å². The number of pyridine rings is 2. The Hall–Kier alpha value is -4.31. The lowest BCUT2D eigenvalue weighted by atomic mass is 10.1. The van der Waals surface area contributed by atoms with E-state index in [1.165, 1.54) is 19.4 Å². The maximum atomic E-state index is 12.4. The molecule has 1 aromatic carbocycles. The zero-order valence-corrected chi connectivity index (χ0v) is 20.5. The number of nitrogens with zero attached hydrogens (tertiary/aromatic N) is 6. The lowest BCUT2D eigenvalue weighted by Gasteiger charge is -2.19. The van der Waals surface area contributed by atoms with Gasteiger partial charge < -0.3 is 9.64 Å². The average Bonchev–Trinajstić information content (AvgIpc) is 3.52. The van der Waals surface area contributed by atoms with Crippen LogP contribution >= 0.6 is 0 Å². The van der Waals surface area contributed by atoms with E-state index < -0.39 is 9.84 Å². The summed E-state index contributed by atoms with van der Waals surface area (Å²) in [6.45, 7) is 1.27. The summed E-state index contributed by atoms with van der Waals surface area (Å²) >= 11 is 0. The number of rotatable bonds is 5. The molecule has 0 unspecified atom stereocenters. The molecule has 0 bridgehead atoms. The highest BCUT2D eigenvalue weighted by atomic mass is 32.2. The van der Waals surface area contributed by atoms with Gasteiger partial charge in [-0.25, -0.2) is 22.9 Å². The predicted octanol–water partition coefficient (Wildman–Crippen LogP) is 3.79. The molecule has 0 amide bonds. The Kier molecular flexibility index (Phi) is 5.18. The molecule has 1 aliphatic rings. The van der Waals surface area contributed by atoms with Crippen LogP contribution in [0.4, 0.5) is 5.82 Å². The second-order valence-corrected chi connectivity index (χ2v) is 10.6. The minimum atomic E-state index is -3.58. The molecule has 4 aromatic heterocycles. The van der Waals surface area contributed by atoms with E-state index in [2.05, 4.69) is 33.1 Å². The van der Waals surface area contributed by atoms with Crippen molar-refractivity contribution in [3.05, 3.63) is 84.4 Å². The highest BCUT2D eigenvalue weighted by Gasteiger charge is 2.26. The van der Waals surface area contributed by atoms with Crippen LogP contribution in [0.5, 0.6) is 5.88 Å². The number of hydrogen-bond donors (Lipinski definition) is 0. The monoisotopic (exact) mass is 498 g/mol. The quantitative estimate of drug-likeness (QED) is 0.361. The van der Waals surface area contributed by atoms with Gasteiger partial charge in [-0.1, -0.05) is 36.4 Å². The average molecular weight is 499 g/mol. The van der Waals surface area contributed by atoms with Crippen LogP contribution < -0.4 is 9.64 Å². The van der Waals surface area contributed by atoms with Crippen molar-refractivity contribution >= 4 is 21.2 Å². The fourth-order valence-corrected chi connectivity index (χ4v) is 5.32. The first-order valence-electron chi connectivity index (χ1n) is 11.3. The Morgan fingerprint density at radius 1 is 0.972 bits per heavy atom. The number of methoxy groups -OCH3 is 1. The second-order valence-electron chi connectivity index (χ2n) is 8.62. The van der Waals surface area contributed by atoms with E-state index in [-0.39, 0.29) is 10.8 Å². The van der Waals surface area contributed by atoms with E-state index in [0.29, 0.717) is 24.5 Å². The standard InChI is InChI=1S/C26H22N6O3S/c1-35-26-22(36(2,33)34)13-19(14-28-26)24-29-25(31-15-18-9-6-11-27-21(18)16-31)23-20(10-12-32(23)30-24)17-7-4-3-5-8-17/h3-14H,15-16H2,1-2H3. The van der Waals surface area contributed by atoms with Gasteiger partial charge in [-0.05, 0) is 29.3 Å². The molecular weight excluding hydrogens is 476 g/mol. The summed E-state index contributed by atoms with van der Waals surface area (Å²) in [4.78, 5) is 15.9. The molecule has 1 aliphatic heterocycles. The van der Waals surface area contributed by atoms with Crippen molar-refractivity contribution in [3.8, 4) is 28.4 Å². The molecule has 0 fully saturated rings. The van der Waals surface area contributed by atoms with Crippen molar-refractivity contribution < 1.29 is 13.2 Å². The molecule has 0 atom stereocenters. The van der Waals surface area contributed by atoms with Gasteiger partial charge in [-0.2, -0.15) is 0 Å². The number of sulfone groups is 1. The first kappa shape index (κ1) is 22.2. The normalized spacial score (nSPS) is 13.2. The van der Waals surface area contributed by atoms with Crippen LogP contribution in [-0.4, -0.2) is 46.3 Å². The molecule has 0 N–H and O–H groups in total. The molecule has 9 nitrogen and oxygen atoms in total. The molecule has 0 saturated heterocycles. The number of aromatic nitrogens is 5. The van der Waals surface area contributed by atoms with Crippen LogP contribution in [-0.2, 0) is 22.9 Å². The van der Waals surface area contributed by atoms with Crippen molar-refractivity contribution in [2.75, 3.05) is 18.3 Å². The maximum absolute atomic E-state index is 12.4. The largest absolute Gasteiger partial charge is 0.480 e. The number of anilines is 1. The highest BCUT2D eigenvalue weighted by molar-refractivity contribution is 7.90. The van der Waals surface area contributed by atoms with E-state index in [4.69, 9.17) is 14.8 Å². The van der Waals surface area contributed by atoms with Crippen LogP contribution in [0, 0.1) is 0 Å². The summed E-state index contributed by atoms with van der Waals surface area (Å²) in [6, 6.07) is 17.6. The first-order chi connectivity index (χ1) is 17.4. The Labute approximate surface area is 208 Å². The van der Waals surface area contributed by atoms with Crippen LogP contribution in [0.2, 0.25) is 0 Å². The van der Waals surface area contributed by atoms with Crippen molar-refractivity contribution in [1.82, 2.24) is 24.6 Å². The zero-order chi connectivity index (χ0) is 24.9. The molecule has 5 aromatic rings. The second kappa shape index (κ2) is 8.42. The van der Waals surface area contributed by atoms with E-state index in [0.717, 1.165) is 40.0 Å². The van der Waals surface area contributed by atoms with E-state index in [1.807, 2.05) is 36.5 Å².